The average molecular weight is 881 g/mol. The molecule has 1 atom stereocenters. The maximum absolute atomic E-state index is 12.8. The zero-order valence-corrected chi connectivity index (χ0v) is 41.6. The van der Waals surface area contributed by atoms with E-state index in [4.69, 9.17) is 14.2 Å². The van der Waals surface area contributed by atoms with Gasteiger partial charge in [0.05, 0.1) is 0 Å². The molecule has 63 heavy (non-hydrogen) atoms. The van der Waals surface area contributed by atoms with E-state index < -0.39 is 6.10 Å². The average Bonchev–Trinajstić information content (AvgIpc) is 3.28. The highest BCUT2D eigenvalue weighted by molar-refractivity contribution is 5.71. The van der Waals surface area contributed by atoms with Crippen molar-refractivity contribution in [1.82, 2.24) is 0 Å². The first-order valence-corrected chi connectivity index (χ1v) is 26.8. The standard InChI is InChI=1S/C57H100O6/c1-4-7-10-13-16-19-22-24-26-28-29-31-32-35-38-41-44-47-50-56(59)62-53-54(52-61-55(58)49-46-43-40-37-34-21-18-15-12-9-6-3)63-57(60)51-48-45-42-39-36-33-30-27-25-23-20-17-14-11-8-5-2/h8,11,17,20,25-29,31,54H,4-7,9-10,12-16,18-19,21-24,30,32-53H2,1-3H3/b11-8-,20-17-,27-25-,28-26-,31-29-. The van der Waals surface area contributed by atoms with Crippen LogP contribution in [-0.4, -0.2) is 37.2 Å². The molecule has 0 spiro atoms. The minimum atomic E-state index is -0.785. The van der Waals surface area contributed by atoms with Gasteiger partial charge < -0.3 is 14.2 Å². The summed E-state index contributed by atoms with van der Waals surface area (Å²) in [4.78, 5) is 38.0. The van der Waals surface area contributed by atoms with Gasteiger partial charge in [0.25, 0.3) is 0 Å². The van der Waals surface area contributed by atoms with Gasteiger partial charge in [0.1, 0.15) is 13.2 Å². The van der Waals surface area contributed by atoms with Crippen molar-refractivity contribution in [3.8, 4) is 0 Å². The van der Waals surface area contributed by atoms with Gasteiger partial charge >= 0.3 is 17.9 Å². The number of rotatable bonds is 48. The van der Waals surface area contributed by atoms with Gasteiger partial charge in [-0.1, -0.05) is 229 Å². The summed E-state index contributed by atoms with van der Waals surface area (Å²) in [6, 6.07) is 0. The second-order valence-electron chi connectivity index (χ2n) is 17.8. The summed E-state index contributed by atoms with van der Waals surface area (Å²) in [6.45, 7) is 6.50. The molecule has 6 heteroatoms. The van der Waals surface area contributed by atoms with Crippen LogP contribution < -0.4 is 0 Å². The number of unbranched alkanes of at least 4 members (excludes halogenated alkanes) is 28. The second-order valence-corrected chi connectivity index (χ2v) is 17.8. The van der Waals surface area contributed by atoms with E-state index >= 15 is 0 Å². The lowest BCUT2D eigenvalue weighted by atomic mass is 10.1. The summed E-state index contributed by atoms with van der Waals surface area (Å²) in [7, 11) is 0. The summed E-state index contributed by atoms with van der Waals surface area (Å²) in [5, 5.41) is 0. The predicted molar refractivity (Wildman–Crippen MR) is 270 cm³/mol. The summed E-state index contributed by atoms with van der Waals surface area (Å²) in [5.41, 5.74) is 0. The van der Waals surface area contributed by atoms with Crippen LogP contribution in [0.25, 0.3) is 0 Å². The van der Waals surface area contributed by atoms with Crippen LogP contribution in [0.2, 0.25) is 0 Å². The molecule has 0 aromatic carbocycles. The van der Waals surface area contributed by atoms with Gasteiger partial charge in [-0.2, -0.15) is 0 Å². The smallest absolute Gasteiger partial charge is 0.306 e. The number of carbonyl (C=O) groups is 3. The molecule has 1 unspecified atom stereocenters. The number of hydrogen-bond donors (Lipinski definition) is 0. The lowest BCUT2D eigenvalue weighted by Gasteiger charge is -2.18. The highest BCUT2D eigenvalue weighted by atomic mass is 16.6. The molecule has 0 heterocycles. The van der Waals surface area contributed by atoms with Crippen LogP contribution in [0.5, 0.6) is 0 Å². The fourth-order valence-corrected chi connectivity index (χ4v) is 7.51. The quantitative estimate of drug-likeness (QED) is 0.0199. The Morgan fingerprint density at radius 1 is 0.349 bits per heavy atom. The first-order valence-electron chi connectivity index (χ1n) is 26.8. The van der Waals surface area contributed by atoms with Crippen molar-refractivity contribution in [2.24, 2.45) is 0 Å². The lowest BCUT2D eigenvalue weighted by Crippen LogP contribution is -2.30. The molecule has 0 aliphatic heterocycles. The molecule has 0 aromatic rings. The van der Waals surface area contributed by atoms with Crippen molar-refractivity contribution in [2.45, 2.75) is 271 Å². The summed E-state index contributed by atoms with van der Waals surface area (Å²) in [6.07, 6.45) is 63.5. The van der Waals surface area contributed by atoms with Crippen LogP contribution in [0, 0.1) is 0 Å². The van der Waals surface area contributed by atoms with Crippen molar-refractivity contribution in [3.05, 3.63) is 60.8 Å². The van der Waals surface area contributed by atoms with Crippen LogP contribution in [0.1, 0.15) is 265 Å². The number of allylic oxidation sites excluding steroid dienone is 10. The minimum Gasteiger partial charge on any atom is -0.462 e. The Morgan fingerprint density at radius 3 is 1.06 bits per heavy atom. The fraction of sp³-hybridized carbons (Fsp3) is 0.772. The van der Waals surface area contributed by atoms with Gasteiger partial charge in [-0.25, -0.2) is 0 Å². The molecule has 364 valence electrons. The summed E-state index contributed by atoms with van der Waals surface area (Å²) < 4.78 is 16.8. The van der Waals surface area contributed by atoms with Gasteiger partial charge in [-0.15, -0.1) is 0 Å². The van der Waals surface area contributed by atoms with Crippen LogP contribution in [-0.2, 0) is 28.6 Å². The normalized spacial score (nSPS) is 12.5. The Morgan fingerprint density at radius 2 is 0.667 bits per heavy atom. The summed E-state index contributed by atoms with van der Waals surface area (Å²) >= 11 is 0. The maximum atomic E-state index is 12.8. The molecule has 0 radical (unpaired) electrons. The molecular weight excluding hydrogens is 781 g/mol. The van der Waals surface area contributed by atoms with Crippen LogP contribution in [0.3, 0.4) is 0 Å². The zero-order chi connectivity index (χ0) is 45.8. The molecule has 0 rings (SSSR count). The fourth-order valence-electron chi connectivity index (χ4n) is 7.51. The SMILES string of the molecule is CC/C=C\C/C=C\C/C=C\CCCCCCCCC(=O)OC(COC(=O)CCCCCCC/C=C\C=C/CCCCCCCCC)COC(=O)CCCCCCCCCCCCC. The number of ether oxygens (including phenoxy) is 3. The van der Waals surface area contributed by atoms with Crippen molar-refractivity contribution >= 4 is 17.9 Å². The van der Waals surface area contributed by atoms with E-state index in [-0.39, 0.29) is 31.1 Å². The monoisotopic (exact) mass is 881 g/mol. The second kappa shape index (κ2) is 51.7. The molecular formula is C57H100O6. The first-order chi connectivity index (χ1) is 31.0. The molecule has 0 saturated heterocycles. The highest BCUT2D eigenvalue weighted by Gasteiger charge is 2.19. The van der Waals surface area contributed by atoms with E-state index in [1.54, 1.807) is 0 Å². The molecule has 0 aliphatic rings. The molecule has 0 saturated carbocycles. The van der Waals surface area contributed by atoms with Crippen molar-refractivity contribution in [1.29, 1.82) is 0 Å². The number of carbonyl (C=O) groups excluding carboxylic acids is 3. The van der Waals surface area contributed by atoms with Gasteiger partial charge in [-0.3, -0.25) is 14.4 Å². The summed E-state index contributed by atoms with van der Waals surface area (Å²) in [5.74, 6) is -0.906. The van der Waals surface area contributed by atoms with Gasteiger partial charge in [0, 0.05) is 19.3 Å². The molecule has 0 N–H and O–H groups in total. The third kappa shape index (κ3) is 50.0. The molecule has 0 bridgehead atoms. The topological polar surface area (TPSA) is 78.9 Å². The lowest BCUT2D eigenvalue weighted by molar-refractivity contribution is -0.167. The largest absolute Gasteiger partial charge is 0.462 e. The Kier molecular flexibility index (Phi) is 49.4. The van der Waals surface area contributed by atoms with Gasteiger partial charge in [0.15, 0.2) is 6.10 Å². The third-order valence-electron chi connectivity index (χ3n) is 11.5. The van der Waals surface area contributed by atoms with E-state index in [1.165, 1.54) is 116 Å². The van der Waals surface area contributed by atoms with E-state index in [0.717, 1.165) is 109 Å². The van der Waals surface area contributed by atoms with Crippen LogP contribution in [0.4, 0.5) is 0 Å². The van der Waals surface area contributed by atoms with Crippen molar-refractivity contribution in [3.63, 3.8) is 0 Å². The van der Waals surface area contributed by atoms with Crippen molar-refractivity contribution < 1.29 is 28.6 Å². The highest BCUT2D eigenvalue weighted by Crippen LogP contribution is 2.15. The Hall–Kier alpha value is -2.89. The first kappa shape index (κ1) is 60.1. The van der Waals surface area contributed by atoms with Crippen molar-refractivity contribution in [2.75, 3.05) is 13.2 Å². The Bertz CT molecular complexity index is 1150. The Balaban J connectivity index is 4.39. The molecule has 6 nitrogen and oxygen atoms in total. The van der Waals surface area contributed by atoms with Gasteiger partial charge in [-0.05, 0) is 77.0 Å². The molecule has 0 fully saturated rings. The van der Waals surface area contributed by atoms with Crippen LogP contribution in [0.15, 0.2) is 60.8 Å². The third-order valence-corrected chi connectivity index (χ3v) is 11.5. The molecule has 0 amide bonds. The van der Waals surface area contributed by atoms with E-state index in [0.29, 0.717) is 19.3 Å². The molecule has 0 aliphatic carbocycles. The van der Waals surface area contributed by atoms with Crippen LogP contribution >= 0.6 is 0 Å². The maximum Gasteiger partial charge on any atom is 0.306 e. The zero-order valence-electron chi connectivity index (χ0n) is 41.6. The van der Waals surface area contributed by atoms with Gasteiger partial charge in [0.2, 0.25) is 0 Å². The van der Waals surface area contributed by atoms with E-state index in [9.17, 15) is 14.4 Å². The molecule has 0 aromatic heterocycles. The Labute approximate surface area is 390 Å². The van der Waals surface area contributed by atoms with E-state index in [1.807, 2.05) is 0 Å². The number of esters is 3. The number of hydrogen-bond acceptors (Lipinski definition) is 6. The van der Waals surface area contributed by atoms with E-state index in [2.05, 4.69) is 81.5 Å². The predicted octanol–water partition coefficient (Wildman–Crippen LogP) is 17.6. The minimum absolute atomic E-state index is 0.0830.